The van der Waals surface area contributed by atoms with Gasteiger partial charge in [0.25, 0.3) is 0 Å². The number of nitrogens with zero attached hydrogens (tertiary/aromatic N) is 1. The summed E-state index contributed by atoms with van der Waals surface area (Å²) in [5, 5.41) is 2.01. The van der Waals surface area contributed by atoms with Crippen molar-refractivity contribution in [2.45, 2.75) is 0 Å². The second-order valence-corrected chi connectivity index (χ2v) is 3.21. The molecule has 3 nitrogen and oxygen atoms in total. The molecule has 1 aromatic carbocycles. The first-order chi connectivity index (χ1) is 6.83. The van der Waals surface area contributed by atoms with Crippen LogP contribution < -0.4 is 10.2 Å². The topological polar surface area (TPSA) is 24.5 Å². The highest BCUT2D eigenvalue weighted by Gasteiger charge is 2.15. The maximum absolute atomic E-state index is 5.31. The van der Waals surface area contributed by atoms with E-state index in [0.717, 1.165) is 17.9 Å². The van der Waals surface area contributed by atoms with Crippen molar-refractivity contribution in [1.29, 1.82) is 0 Å². The van der Waals surface area contributed by atoms with E-state index in [1.54, 1.807) is 7.11 Å². The van der Waals surface area contributed by atoms with Crippen molar-refractivity contribution in [3.05, 3.63) is 35.9 Å². The fourth-order valence-electron chi connectivity index (χ4n) is 1.65. The third-order valence-electron chi connectivity index (χ3n) is 2.37. The minimum Gasteiger partial charge on any atom is -0.496 e. The van der Waals surface area contributed by atoms with Crippen molar-refractivity contribution in [2.75, 3.05) is 20.7 Å². The Morgan fingerprint density at radius 2 is 2.14 bits per heavy atom. The lowest BCUT2D eigenvalue weighted by atomic mass is 10.1. The standard InChI is InChI=1S/C11H14N2O/c1-13-10(7-8-12-13)9-5-3-4-6-11(9)14-2/h3-7,12H,8H2,1-2H3. The summed E-state index contributed by atoms with van der Waals surface area (Å²) in [5.41, 5.74) is 5.50. The van der Waals surface area contributed by atoms with Crippen molar-refractivity contribution in [3.63, 3.8) is 0 Å². The van der Waals surface area contributed by atoms with Gasteiger partial charge in [0, 0.05) is 19.2 Å². The number of rotatable bonds is 2. The minimum atomic E-state index is 0.879. The summed E-state index contributed by atoms with van der Waals surface area (Å²) in [4.78, 5) is 0. The van der Waals surface area contributed by atoms with Gasteiger partial charge in [-0.25, -0.2) is 5.43 Å². The van der Waals surface area contributed by atoms with Gasteiger partial charge in [0.1, 0.15) is 5.75 Å². The zero-order valence-electron chi connectivity index (χ0n) is 8.45. The normalized spacial score (nSPS) is 15.6. The lowest BCUT2D eigenvalue weighted by Gasteiger charge is -2.18. The third-order valence-corrected chi connectivity index (χ3v) is 2.37. The Labute approximate surface area is 84.0 Å². The molecule has 0 unspecified atom stereocenters. The molecule has 14 heavy (non-hydrogen) atoms. The second-order valence-electron chi connectivity index (χ2n) is 3.21. The van der Waals surface area contributed by atoms with Gasteiger partial charge in [-0.2, -0.15) is 0 Å². The summed E-state index contributed by atoms with van der Waals surface area (Å²) in [5.74, 6) is 0.911. The molecule has 0 amide bonds. The third kappa shape index (κ3) is 1.46. The molecule has 74 valence electrons. The predicted octanol–water partition coefficient (Wildman–Crippen LogP) is 1.49. The number of benzene rings is 1. The van der Waals surface area contributed by atoms with E-state index in [9.17, 15) is 0 Å². The molecule has 1 N–H and O–H groups in total. The largest absolute Gasteiger partial charge is 0.496 e. The van der Waals surface area contributed by atoms with Crippen LogP contribution in [0.1, 0.15) is 5.56 Å². The van der Waals surface area contributed by atoms with E-state index in [1.165, 1.54) is 5.70 Å². The van der Waals surface area contributed by atoms with E-state index in [1.807, 2.05) is 30.3 Å². The maximum atomic E-state index is 5.31. The summed E-state index contributed by atoms with van der Waals surface area (Å²) >= 11 is 0. The van der Waals surface area contributed by atoms with Gasteiger partial charge in [-0.15, -0.1) is 0 Å². The second kappa shape index (κ2) is 3.72. The molecule has 1 aliphatic rings. The highest BCUT2D eigenvalue weighted by molar-refractivity contribution is 5.70. The molecule has 0 saturated heterocycles. The van der Waals surface area contributed by atoms with Gasteiger partial charge >= 0.3 is 0 Å². The van der Waals surface area contributed by atoms with Crippen molar-refractivity contribution in [1.82, 2.24) is 10.4 Å². The van der Waals surface area contributed by atoms with Crippen LogP contribution in [0.15, 0.2) is 30.3 Å². The number of hydrogen-bond donors (Lipinski definition) is 1. The number of hydrazine groups is 1. The first kappa shape index (κ1) is 9.09. The van der Waals surface area contributed by atoms with Crippen LogP contribution in [0.25, 0.3) is 5.70 Å². The van der Waals surface area contributed by atoms with Crippen LogP contribution in [0.5, 0.6) is 5.75 Å². The number of para-hydroxylation sites is 1. The van der Waals surface area contributed by atoms with Gasteiger partial charge in [0.2, 0.25) is 0 Å². The molecule has 0 bridgehead atoms. The predicted molar refractivity (Wildman–Crippen MR) is 56.7 cm³/mol. The molecule has 0 atom stereocenters. The van der Waals surface area contributed by atoms with Gasteiger partial charge in [0.15, 0.2) is 0 Å². The molecule has 0 spiro atoms. The molecular weight excluding hydrogens is 176 g/mol. The van der Waals surface area contributed by atoms with E-state index < -0.39 is 0 Å². The molecule has 1 aliphatic heterocycles. The average molecular weight is 190 g/mol. The fraction of sp³-hybridized carbons (Fsp3) is 0.273. The molecule has 3 heteroatoms. The monoisotopic (exact) mass is 190 g/mol. The number of hydrogen-bond acceptors (Lipinski definition) is 3. The minimum absolute atomic E-state index is 0.879. The van der Waals surface area contributed by atoms with Crippen molar-refractivity contribution in [3.8, 4) is 5.75 Å². The number of nitrogens with one attached hydrogen (secondary N) is 1. The Kier molecular flexibility index (Phi) is 2.41. The van der Waals surface area contributed by atoms with Gasteiger partial charge in [-0.3, -0.25) is 0 Å². The van der Waals surface area contributed by atoms with E-state index in [4.69, 9.17) is 4.74 Å². The SMILES string of the molecule is COc1ccccc1C1=CCNN1C. The molecular formula is C11H14N2O. The maximum Gasteiger partial charge on any atom is 0.128 e. The number of ether oxygens (including phenoxy) is 1. The van der Waals surface area contributed by atoms with Gasteiger partial charge < -0.3 is 9.75 Å². The summed E-state index contributed by atoms with van der Waals surface area (Å²) in [6.45, 7) is 0.879. The van der Waals surface area contributed by atoms with Crippen LogP contribution in [0.2, 0.25) is 0 Å². The molecule has 0 aromatic heterocycles. The molecule has 1 aromatic rings. The Bertz CT molecular complexity index is 360. The van der Waals surface area contributed by atoms with E-state index in [2.05, 4.69) is 17.6 Å². The van der Waals surface area contributed by atoms with Crippen molar-refractivity contribution >= 4 is 5.70 Å². The Balaban J connectivity index is 2.40. The van der Waals surface area contributed by atoms with Gasteiger partial charge in [-0.05, 0) is 18.2 Å². The van der Waals surface area contributed by atoms with Gasteiger partial charge in [-0.1, -0.05) is 12.1 Å². The quantitative estimate of drug-likeness (QED) is 0.764. The molecule has 0 fully saturated rings. The highest BCUT2D eigenvalue weighted by Crippen LogP contribution is 2.28. The summed E-state index contributed by atoms with van der Waals surface area (Å²) < 4.78 is 5.31. The smallest absolute Gasteiger partial charge is 0.128 e. The summed E-state index contributed by atoms with van der Waals surface area (Å²) in [6, 6.07) is 8.03. The van der Waals surface area contributed by atoms with E-state index >= 15 is 0 Å². The lowest BCUT2D eigenvalue weighted by Crippen LogP contribution is -2.26. The first-order valence-corrected chi connectivity index (χ1v) is 4.63. The molecule has 0 radical (unpaired) electrons. The van der Waals surface area contributed by atoms with Crippen LogP contribution in [0, 0.1) is 0 Å². The summed E-state index contributed by atoms with van der Waals surface area (Å²) in [6.07, 6.45) is 2.15. The molecule has 2 rings (SSSR count). The van der Waals surface area contributed by atoms with Crippen LogP contribution in [-0.2, 0) is 0 Å². The van der Waals surface area contributed by atoms with E-state index in [0.29, 0.717) is 0 Å². The van der Waals surface area contributed by atoms with E-state index in [-0.39, 0.29) is 0 Å². The first-order valence-electron chi connectivity index (χ1n) is 4.63. The molecule has 0 aliphatic carbocycles. The Hall–Kier alpha value is -1.48. The van der Waals surface area contributed by atoms with Crippen LogP contribution in [-0.4, -0.2) is 25.7 Å². The zero-order chi connectivity index (χ0) is 9.97. The van der Waals surface area contributed by atoms with Crippen molar-refractivity contribution < 1.29 is 4.74 Å². The van der Waals surface area contributed by atoms with Crippen LogP contribution in [0.3, 0.4) is 0 Å². The van der Waals surface area contributed by atoms with Crippen LogP contribution in [0.4, 0.5) is 0 Å². The zero-order valence-corrected chi connectivity index (χ0v) is 8.45. The fourth-order valence-corrected chi connectivity index (χ4v) is 1.65. The van der Waals surface area contributed by atoms with Crippen LogP contribution >= 0.6 is 0 Å². The lowest BCUT2D eigenvalue weighted by molar-refractivity contribution is 0.383. The molecule has 1 heterocycles. The highest BCUT2D eigenvalue weighted by atomic mass is 16.5. The Morgan fingerprint density at radius 3 is 2.79 bits per heavy atom. The van der Waals surface area contributed by atoms with Gasteiger partial charge in [0.05, 0.1) is 12.8 Å². The van der Waals surface area contributed by atoms with Crippen molar-refractivity contribution in [2.24, 2.45) is 0 Å². The number of methoxy groups -OCH3 is 1. The average Bonchev–Trinajstić information content (AvgIpc) is 2.64. The Morgan fingerprint density at radius 1 is 1.36 bits per heavy atom. The summed E-state index contributed by atoms with van der Waals surface area (Å²) in [7, 11) is 3.70. The molecule has 0 saturated carbocycles.